The number of carbonyl (C=O) groups is 1. The number of nitrogens with zero attached hydrogens (tertiary/aromatic N) is 1. The van der Waals surface area contributed by atoms with Gasteiger partial charge in [-0.3, -0.25) is 0 Å². The lowest BCUT2D eigenvalue weighted by molar-refractivity contribution is 0.0612. The minimum absolute atomic E-state index is 0.0576. The number of cyclic esters (lactones) is 1. The van der Waals surface area contributed by atoms with E-state index in [0.717, 1.165) is 15.4 Å². The van der Waals surface area contributed by atoms with Gasteiger partial charge in [-0.15, -0.1) is 0 Å². The van der Waals surface area contributed by atoms with E-state index in [1.165, 1.54) is 12.1 Å². The van der Waals surface area contributed by atoms with Crippen molar-refractivity contribution in [2.24, 2.45) is 5.41 Å². The number of aryl methyl sites for hydroxylation is 1. The Morgan fingerprint density at radius 3 is 2.29 bits per heavy atom. The summed E-state index contributed by atoms with van der Waals surface area (Å²) < 4.78 is 33.3. The van der Waals surface area contributed by atoms with Crippen LogP contribution in [0.4, 0.5) is 4.79 Å². The number of hydrogen-bond donors (Lipinski definition) is 0. The average Bonchev–Trinajstić information content (AvgIpc) is 3.07. The lowest BCUT2D eigenvalue weighted by Gasteiger charge is -2.32. The fraction of sp³-hybridized carbons (Fsp3) is 0.320. The van der Waals surface area contributed by atoms with Gasteiger partial charge in [0.05, 0.1) is 4.90 Å². The first-order valence-electron chi connectivity index (χ1n) is 10.2. The maximum Gasteiger partial charge on any atom is 0.424 e. The number of benzene rings is 2. The second kappa shape index (κ2) is 8.71. The van der Waals surface area contributed by atoms with Crippen LogP contribution in [0.3, 0.4) is 0 Å². The Kier molecular flexibility index (Phi) is 6.41. The molecule has 2 aromatic carbocycles. The molecule has 0 aliphatic carbocycles. The van der Waals surface area contributed by atoms with Gasteiger partial charge in [-0.2, -0.15) is 4.31 Å². The molecule has 1 fully saturated rings. The zero-order valence-corrected chi connectivity index (χ0v) is 19.2. The number of hydrogen-bond acceptors (Lipinski definition) is 4. The van der Waals surface area contributed by atoms with Gasteiger partial charge in [0.15, 0.2) is 0 Å². The van der Waals surface area contributed by atoms with Gasteiger partial charge in [-0.1, -0.05) is 87.5 Å². The molecule has 1 aliphatic rings. The summed E-state index contributed by atoms with van der Waals surface area (Å²) in [5, 5.41) is 0. The first kappa shape index (κ1) is 22.8. The molecule has 0 saturated carbocycles. The normalized spacial score (nSPS) is 19.6. The number of amides is 1. The lowest BCUT2D eigenvalue weighted by Crippen LogP contribution is -2.45. The van der Waals surface area contributed by atoms with Crippen molar-refractivity contribution < 1.29 is 17.9 Å². The predicted molar refractivity (Wildman–Crippen MR) is 123 cm³/mol. The number of carbonyl (C=O) groups excluding carboxylic acids is 1. The summed E-state index contributed by atoms with van der Waals surface area (Å²) in [6.45, 7) is 11.8. The summed E-state index contributed by atoms with van der Waals surface area (Å²) in [7, 11) is -4.10. The van der Waals surface area contributed by atoms with Gasteiger partial charge in [0.2, 0.25) is 0 Å². The van der Waals surface area contributed by atoms with Crippen LogP contribution in [-0.4, -0.2) is 31.0 Å². The molecule has 2 aromatic rings. The van der Waals surface area contributed by atoms with E-state index in [9.17, 15) is 13.2 Å². The van der Waals surface area contributed by atoms with Crippen LogP contribution in [0.15, 0.2) is 77.7 Å². The fourth-order valence-electron chi connectivity index (χ4n) is 3.59. The third kappa shape index (κ3) is 4.90. The summed E-state index contributed by atoms with van der Waals surface area (Å²) in [6.07, 6.45) is 2.80. The van der Waals surface area contributed by atoms with E-state index in [1.54, 1.807) is 12.1 Å². The molecule has 2 atom stereocenters. The van der Waals surface area contributed by atoms with Crippen LogP contribution in [0, 0.1) is 12.3 Å². The van der Waals surface area contributed by atoms with Gasteiger partial charge in [0.1, 0.15) is 12.1 Å². The Balaban J connectivity index is 1.94. The molecule has 1 aliphatic heterocycles. The molecule has 5 nitrogen and oxygen atoms in total. The van der Waals surface area contributed by atoms with Gasteiger partial charge in [-0.05, 0) is 36.6 Å². The van der Waals surface area contributed by atoms with Gasteiger partial charge in [0, 0.05) is 5.41 Å². The third-order valence-electron chi connectivity index (χ3n) is 5.29. The van der Waals surface area contributed by atoms with Crippen LogP contribution in [0.25, 0.3) is 6.08 Å². The highest BCUT2D eigenvalue weighted by molar-refractivity contribution is 7.89. The van der Waals surface area contributed by atoms with E-state index < -0.39 is 33.7 Å². The first-order valence-corrected chi connectivity index (χ1v) is 11.7. The van der Waals surface area contributed by atoms with Crippen molar-refractivity contribution in [1.29, 1.82) is 0 Å². The van der Waals surface area contributed by atoms with Crippen LogP contribution < -0.4 is 0 Å². The van der Waals surface area contributed by atoms with E-state index in [2.05, 4.69) is 6.58 Å². The molecule has 0 bridgehead atoms. The van der Waals surface area contributed by atoms with Gasteiger partial charge >= 0.3 is 6.09 Å². The summed E-state index contributed by atoms with van der Waals surface area (Å²) in [5.41, 5.74) is 2.10. The number of sulfonamides is 1. The van der Waals surface area contributed by atoms with Gasteiger partial charge in [0.25, 0.3) is 10.0 Å². The molecule has 1 heterocycles. The molecule has 6 heteroatoms. The summed E-state index contributed by atoms with van der Waals surface area (Å²) >= 11 is 0. The highest BCUT2D eigenvalue weighted by Gasteiger charge is 2.53. The van der Waals surface area contributed by atoms with Crippen LogP contribution in [-0.2, 0) is 14.8 Å². The van der Waals surface area contributed by atoms with Crippen molar-refractivity contribution in [3.63, 3.8) is 0 Å². The van der Waals surface area contributed by atoms with Crippen molar-refractivity contribution >= 4 is 22.2 Å². The SMILES string of the molecule is C=C(C/C=C/c1ccccc1)[C@H]1[C@H](C(C)(C)C)OC(=O)N1S(=O)(=O)c1ccc(C)cc1. The van der Waals surface area contributed by atoms with Crippen LogP contribution in [0.1, 0.15) is 38.3 Å². The van der Waals surface area contributed by atoms with Crippen LogP contribution >= 0.6 is 0 Å². The summed E-state index contributed by atoms with van der Waals surface area (Å²) in [4.78, 5) is 12.9. The van der Waals surface area contributed by atoms with E-state index >= 15 is 0 Å². The number of rotatable bonds is 6. The molecule has 0 unspecified atom stereocenters. The fourth-order valence-corrected chi connectivity index (χ4v) is 5.10. The maximum atomic E-state index is 13.4. The molecule has 1 saturated heterocycles. The second-order valence-electron chi connectivity index (χ2n) is 8.90. The van der Waals surface area contributed by atoms with Crippen LogP contribution in [0.2, 0.25) is 0 Å². The Labute approximate surface area is 185 Å². The Bertz CT molecular complexity index is 1080. The minimum atomic E-state index is -4.10. The quantitative estimate of drug-likeness (QED) is 0.551. The van der Waals surface area contributed by atoms with Crippen molar-refractivity contribution in [3.05, 3.63) is 84.0 Å². The van der Waals surface area contributed by atoms with Gasteiger partial charge in [-0.25, -0.2) is 13.2 Å². The Morgan fingerprint density at radius 1 is 1.10 bits per heavy atom. The van der Waals surface area contributed by atoms with E-state index in [-0.39, 0.29) is 4.90 Å². The molecule has 0 radical (unpaired) electrons. The highest BCUT2D eigenvalue weighted by Crippen LogP contribution is 2.39. The zero-order chi connectivity index (χ0) is 22.8. The molecule has 3 rings (SSSR count). The number of ether oxygens (including phenoxy) is 1. The molecule has 0 spiro atoms. The largest absolute Gasteiger partial charge is 0.442 e. The van der Waals surface area contributed by atoms with E-state index in [0.29, 0.717) is 12.0 Å². The molecular weight excluding hydrogens is 410 g/mol. The Hall–Kier alpha value is -2.86. The molecule has 31 heavy (non-hydrogen) atoms. The van der Waals surface area contributed by atoms with Crippen molar-refractivity contribution in [1.82, 2.24) is 4.31 Å². The maximum absolute atomic E-state index is 13.4. The first-order chi connectivity index (χ1) is 14.5. The van der Waals surface area contributed by atoms with Crippen LogP contribution in [0.5, 0.6) is 0 Å². The molecule has 0 aromatic heterocycles. The molecule has 164 valence electrons. The molecular formula is C25H29NO4S. The minimum Gasteiger partial charge on any atom is -0.442 e. The standard InChI is InChI=1S/C25H29NO4S/c1-18-14-16-21(17-15-18)31(28,29)26-22(23(25(3,4)5)30-24(26)27)19(2)10-9-13-20-11-7-6-8-12-20/h6-9,11-17,22-23H,2,10H2,1,3-5H3/b13-9+/t22-,23+/m0/s1. The van der Waals surface area contributed by atoms with E-state index in [4.69, 9.17) is 4.74 Å². The topological polar surface area (TPSA) is 63.7 Å². The van der Waals surface area contributed by atoms with E-state index in [1.807, 2.05) is 70.2 Å². The number of allylic oxidation sites excluding steroid dienone is 1. The van der Waals surface area contributed by atoms with Crippen molar-refractivity contribution in [2.45, 2.75) is 51.2 Å². The molecule has 1 amide bonds. The highest BCUT2D eigenvalue weighted by atomic mass is 32.2. The monoisotopic (exact) mass is 439 g/mol. The third-order valence-corrected chi connectivity index (χ3v) is 7.05. The second-order valence-corrected chi connectivity index (χ2v) is 10.7. The van der Waals surface area contributed by atoms with Crippen molar-refractivity contribution in [2.75, 3.05) is 0 Å². The van der Waals surface area contributed by atoms with Gasteiger partial charge < -0.3 is 4.74 Å². The lowest BCUT2D eigenvalue weighted by atomic mass is 9.82. The molecule has 0 N–H and O–H groups in total. The summed E-state index contributed by atoms with van der Waals surface area (Å²) in [6, 6.07) is 15.5. The average molecular weight is 440 g/mol. The zero-order valence-electron chi connectivity index (χ0n) is 18.4. The smallest absolute Gasteiger partial charge is 0.424 e. The summed E-state index contributed by atoms with van der Waals surface area (Å²) in [5.74, 6) is 0. The predicted octanol–water partition coefficient (Wildman–Crippen LogP) is 5.58. The Morgan fingerprint density at radius 2 is 1.71 bits per heavy atom. The van der Waals surface area contributed by atoms with Crippen molar-refractivity contribution in [3.8, 4) is 0 Å².